The van der Waals surface area contributed by atoms with E-state index in [1.54, 1.807) is 7.11 Å². The molecular weight excluding hydrogens is 210 g/mol. The fourth-order valence-corrected chi connectivity index (χ4v) is 2.56. The van der Waals surface area contributed by atoms with Gasteiger partial charge in [-0.05, 0) is 6.92 Å². The third-order valence-electron chi connectivity index (χ3n) is 3.34. The van der Waals surface area contributed by atoms with Crippen molar-refractivity contribution >= 4 is 0 Å². The number of nitrogens with zero attached hydrogens (tertiary/aromatic N) is 1. The van der Waals surface area contributed by atoms with Crippen molar-refractivity contribution in [1.29, 1.82) is 0 Å². The lowest BCUT2D eigenvalue weighted by molar-refractivity contribution is -0.238. The molecule has 1 fully saturated rings. The number of hydrogen-bond donors (Lipinski definition) is 0. The van der Waals surface area contributed by atoms with E-state index < -0.39 is 0 Å². The summed E-state index contributed by atoms with van der Waals surface area (Å²) in [7, 11) is 1.65. The maximum absolute atomic E-state index is 5.92. The van der Waals surface area contributed by atoms with Crippen molar-refractivity contribution < 1.29 is 18.9 Å². The van der Waals surface area contributed by atoms with E-state index in [1.807, 2.05) is 6.92 Å². The number of fused-ring (bicyclic) bond motifs is 2. The van der Waals surface area contributed by atoms with Crippen LogP contribution in [0.4, 0.5) is 0 Å². The largest absolute Gasteiger partial charge is 0.465 e. The predicted molar refractivity (Wildman–Crippen MR) is 55.4 cm³/mol. The summed E-state index contributed by atoms with van der Waals surface area (Å²) in [5.41, 5.74) is 1.27. The molecular formula is C11H17NO4. The average Bonchev–Trinajstić information content (AvgIpc) is 2.69. The number of ether oxygens (including phenoxy) is 4. The molecule has 3 aliphatic rings. The molecule has 0 spiro atoms. The van der Waals surface area contributed by atoms with Crippen LogP contribution in [0, 0.1) is 0 Å². The van der Waals surface area contributed by atoms with Crippen LogP contribution in [0.25, 0.3) is 0 Å². The van der Waals surface area contributed by atoms with Crippen LogP contribution in [-0.4, -0.2) is 50.4 Å². The highest BCUT2D eigenvalue weighted by Gasteiger charge is 2.44. The van der Waals surface area contributed by atoms with Crippen LogP contribution in [0.5, 0.6) is 0 Å². The summed E-state index contributed by atoms with van der Waals surface area (Å²) in [5.74, 6) is 0.962. The Balaban J connectivity index is 1.86. The highest BCUT2D eigenvalue weighted by molar-refractivity contribution is 5.19. The predicted octanol–water partition coefficient (Wildman–Crippen LogP) is 0.668. The van der Waals surface area contributed by atoms with E-state index in [9.17, 15) is 0 Å². The molecule has 0 aliphatic carbocycles. The Morgan fingerprint density at radius 3 is 3.00 bits per heavy atom. The third-order valence-corrected chi connectivity index (χ3v) is 3.34. The van der Waals surface area contributed by atoms with Crippen molar-refractivity contribution in [3.05, 3.63) is 11.5 Å². The van der Waals surface area contributed by atoms with Crippen molar-refractivity contribution in [1.82, 2.24) is 4.90 Å². The normalized spacial score (nSPS) is 38.1. The van der Waals surface area contributed by atoms with Gasteiger partial charge in [-0.2, -0.15) is 0 Å². The van der Waals surface area contributed by atoms with E-state index >= 15 is 0 Å². The number of hydrogen-bond acceptors (Lipinski definition) is 5. The Labute approximate surface area is 94.9 Å². The molecule has 5 heteroatoms. The van der Waals surface area contributed by atoms with E-state index in [0.29, 0.717) is 6.61 Å². The zero-order chi connectivity index (χ0) is 11.1. The first kappa shape index (κ1) is 10.4. The quantitative estimate of drug-likeness (QED) is 0.658. The molecule has 3 heterocycles. The van der Waals surface area contributed by atoms with Gasteiger partial charge in [0.25, 0.3) is 0 Å². The standard InChI is InChI=1S/C11H17NO4/c1-7-9-8(3-5-14-7)12-4-6-15-11(13-2)10(12)16-9/h7,10-11H,3-6H2,1-2H3/t7-,10?,11-/m0/s1. The molecule has 90 valence electrons. The Morgan fingerprint density at radius 1 is 1.31 bits per heavy atom. The molecule has 0 bridgehead atoms. The molecule has 3 aliphatic heterocycles. The summed E-state index contributed by atoms with van der Waals surface area (Å²) in [6.07, 6.45) is 0.540. The SMILES string of the molecule is CO[C@H]1OCCN2C3=C(OC12)[C@H](C)OCC3. The molecule has 16 heavy (non-hydrogen) atoms. The zero-order valence-corrected chi connectivity index (χ0v) is 9.64. The molecule has 0 radical (unpaired) electrons. The van der Waals surface area contributed by atoms with Crippen LogP contribution in [0.3, 0.4) is 0 Å². The minimum atomic E-state index is -0.299. The van der Waals surface area contributed by atoms with Gasteiger partial charge in [0.15, 0.2) is 0 Å². The summed E-state index contributed by atoms with van der Waals surface area (Å²) < 4.78 is 22.3. The third kappa shape index (κ3) is 1.43. The van der Waals surface area contributed by atoms with Gasteiger partial charge in [-0.15, -0.1) is 0 Å². The van der Waals surface area contributed by atoms with E-state index in [-0.39, 0.29) is 18.6 Å². The molecule has 3 atom stereocenters. The zero-order valence-electron chi connectivity index (χ0n) is 9.64. The van der Waals surface area contributed by atoms with Crippen molar-refractivity contribution in [2.75, 3.05) is 26.9 Å². The topological polar surface area (TPSA) is 40.2 Å². The smallest absolute Gasteiger partial charge is 0.223 e. The number of morpholine rings is 1. The Kier molecular flexibility index (Phi) is 2.53. The van der Waals surface area contributed by atoms with Gasteiger partial charge in [0.05, 0.1) is 18.9 Å². The van der Waals surface area contributed by atoms with Gasteiger partial charge in [-0.25, -0.2) is 0 Å². The first-order valence-corrected chi connectivity index (χ1v) is 5.73. The number of methoxy groups -OCH3 is 1. The molecule has 1 unspecified atom stereocenters. The average molecular weight is 227 g/mol. The van der Waals surface area contributed by atoms with Gasteiger partial charge in [-0.3, -0.25) is 0 Å². The molecule has 0 amide bonds. The van der Waals surface area contributed by atoms with Crippen LogP contribution in [0.2, 0.25) is 0 Å². The maximum atomic E-state index is 5.92. The van der Waals surface area contributed by atoms with Gasteiger partial charge in [0.2, 0.25) is 12.5 Å². The lowest BCUT2D eigenvalue weighted by Gasteiger charge is -2.36. The van der Waals surface area contributed by atoms with E-state index in [4.69, 9.17) is 18.9 Å². The monoisotopic (exact) mass is 227 g/mol. The summed E-state index contributed by atoms with van der Waals surface area (Å²) in [5, 5.41) is 0. The molecule has 0 aromatic rings. The fraction of sp³-hybridized carbons (Fsp3) is 0.818. The molecule has 0 N–H and O–H groups in total. The van der Waals surface area contributed by atoms with Crippen molar-refractivity contribution in [2.45, 2.75) is 32.0 Å². The van der Waals surface area contributed by atoms with Crippen LogP contribution < -0.4 is 0 Å². The summed E-state index contributed by atoms with van der Waals surface area (Å²) >= 11 is 0. The second-order valence-electron chi connectivity index (χ2n) is 4.25. The van der Waals surface area contributed by atoms with Gasteiger partial charge >= 0.3 is 0 Å². The lowest BCUT2D eigenvalue weighted by atomic mass is 10.1. The number of rotatable bonds is 1. The van der Waals surface area contributed by atoms with E-state index in [0.717, 1.165) is 25.3 Å². The van der Waals surface area contributed by atoms with Gasteiger partial charge in [-0.1, -0.05) is 0 Å². The lowest BCUT2D eigenvalue weighted by Crippen LogP contribution is -2.49. The fourth-order valence-electron chi connectivity index (χ4n) is 2.56. The van der Waals surface area contributed by atoms with Crippen molar-refractivity contribution in [3.8, 4) is 0 Å². The minimum absolute atomic E-state index is 0.0480. The molecule has 0 aromatic heterocycles. The molecule has 0 aromatic carbocycles. The van der Waals surface area contributed by atoms with Crippen molar-refractivity contribution in [2.24, 2.45) is 0 Å². The summed E-state index contributed by atoms with van der Waals surface area (Å²) in [6, 6.07) is 0. The van der Waals surface area contributed by atoms with E-state index in [1.165, 1.54) is 5.70 Å². The van der Waals surface area contributed by atoms with Crippen LogP contribution >= 0.6 is 0 Å². The maximum Gasteiger partial charge on any atom is 0.223 e. The first-order chi connectivity index (χ1) is 7.81. The Morgan fingerprint density at radius 2 is 2.19 bits per heavy atom. The van der Waals surface area contributed by atoms with Crippen LogP contribution in [0.1, 0.15) is 13.3 Å². The Hall–Kier alpha value is -0.780. The van der Waals surface area contributed by atoms with Crippen LogP contribution in [0.15, 0.2) is 11.5 Å². The molecule has 5 nitrogen and oxygen atoms in total. The molecule has 1 saturated heterocycles. The highest BCUT2D eigenvalue weighted by atomic mass is 16.7. The minimum Gasteiger partial charge on any atom is -0.465 e. The van der Waals surface area contributed by atoms with Crippen LogP contribution in [-0.2, 0) is 18.9 Å². The molecule has 0 saturated carbocycles. The van der Waals surface area contributed by atoms with Gasteiger partial charge in [0, 0.05) is 20.1 Å². The van der Waals surface area contributed by atoms with Crippen molar-refractivity contribution in [3.63, 3.8) is 0 Å². The second-order valence-corrected chi connectivity index (χ2v) is 4.25. The summed E-state index contributed by atoms with van der Waals surface area (Å²) in [6.45, 7) is 4.35. The first-order valence-electron chi connectivity index (χ1n) is 5.73. The Bertz CT molecular complexity index is 317. The highest BCUT2D eigenvalue weighted by Crippen LogP contribution is 2.37. The second kappa shape index (κ2) is 3.91. The van der Waals surface area contributed by atoms with E-state index in [2.05, 4.69) is 4.90 Å². The summed E-state index contributed by atoms with van der Waals surface area (Å²) in [4.78, 5) is 2.26. The molecule has 3 rings (SSSR count). The van der Waals surface area contributed by atoms with Gasteiger partial charge < -0.3 is 23.8 Å². The van der Waals surface area contributed by atoms with Gasteiger partial charge in [0.1, 0.15) is 11.9 Å².